The molecule has 0 aliphatic carbocycles. The van der Waals surface area contributed by atoms with Crippen molar-refractivity contribution in [1.82, 2.24) is 0 Å². The molecular weight excluding hydrogens is 81.2 g/mol. The van der Waals surface area contributed by atoms with Crippen molar-refractivity contribution in [2.45, 2.75) is 0 Å². The van der Waals surface area contributed by atoms with Crippen LogP contribution in [0.5, 0.6) is 0 Å². The van der Waals surface area contributed by atoms with E-state index in [0.29, 0.717) is 0 Å². The number of rotatable bonds is 0. The molecule has 0 rings (SSSR count). The summed E-state index contributed by atoms with van der Waals surface area (Å²) in [4.78, 5) is 0. The van der Waals surface area contributed by atoms with Gasteiger partial charge in [-0.05, 0) is 0 Å². The van der Waals surface area contributed by atoms with Crippen LogP contribution in [0.25, 0.3) is 0 Å². The van der Waals surface area contributed by atoms with Crippen LogP contribution in [0, 0.1) is 0 Å². The molecule has 0 N–H and O–H groups in total. The molecule has 0 unspecified atom stereocenters. The monoisotopic (exact) mass is 88.0 g/mol. The first kappa shape index (κ1) is 27.7. The maximum Gasteiger partial charge on any atom is 0.316 e. The second-order valence-electron chi connectivity index (χ2n) is 0. The van der Waals surface area contributed by atoms with Gasteiger partial charge in [0, 0.05) is 0 Å². The minimum Gasteiger partial charge on any atom is 0.316 e. The van der Waals surface area contributed by atoms with Gasteiger partial charge in [-0.1, -0.05) is 0 Å². The van der Waals surface area contributed by atoms with E-state index in [-0.39, 0.29) is 102 Å². The maximum atomic E-state index is 0. The van der Waals surface area contributed by atoms with Crippen LogP contribution < -0.4 is 0 Å². The summed E-state index contributed by atoms with van der Waals surface area (Å²) in [6, 6.07) is 0. The van der Waals surface area contributed by atoms with Crippen molar-refractivity contribution >= 4 is 102 Å². The molecule has 0 aliphatic rings. The van der Waals surface area contributed by atoms with E-state index in [2.05, 4.69) is 0 Å². The average molecular weight is 88.2 g/mol. The molecule has 0 bridgehead atoms. The largest absolute Gasteiger partial charge is 0.316 e. The fourth-order valence-electron chi connectivity index (χ4n) is 0. The molecule has 0 nitrogen and oxygen atoms in total. The molecule has 0 saturated heterocycles. The Labute approximate surface area is 99.2 Å². The zero-order valence-corrected chi connectivity index (χ0v) is 0. The Morgan fingerprint density at radius 1 is 1.00 bits per heavy atom. The summed E-state index contributed by atoms with van der Waals surface area (Å²) in [6.45, 7) is 0. The van der Waals surface area contributed by atoms with Gasteiger partial charge in [0.05, 0.1) is 8.41 Å². The summed E-state index contributed by atoms with van der Waals surface area (Å²) in [6.07, 6.45) is 0. The van der Waals surface area contributed by atoms with E-state index in [1.807, 2.05) is 0 Å². The molecule has 0 aromatic carbocycles. The van der Waals surface area contributed by atoms with E-state index in [9.17, 15) is 0 Å². The van der Waals surface area contributed by atoms with Gasteiger partial charge in [0.2, 0.25) is 0 Å². The minimum absolute atomic E-state index is 0. The van der Waals surface area contributed by atoms with Gasteiger partial charge in [-0.25, -0.2) is 0 Å². The summed E-state index contributed by atoms with van der Waals surface area (Å²) < 4.78 is 0. The predicted octanol–water partition coefficient (Wildman–Crippen LogP) is -3.40. The summed E-state index contributed by atoms with van der Waals surface area (Å²) in [5.41, 5.74) is 0. The van der Waals surface area contributed by atoms with E-state index < -0.39 is 0 Å². The maximum absolute atomic E-state index is 0. The molecule has 14 valence electrons. The molecule has 0 heterocycles. The van der Waals surface area contributed by atoms with Gasteiger partial charge in [0.25, 0.3) is 0 Å². The first-order valence-corrected chi connectivity index (χ1v) is 0. The van der Waals surface area contributed by atoms with Crippen molar-refractivity contribution in [3.8, 4) is 0 Å². The van der Waals surface area contributed by atoms with Crippen LogP contribution in [0.1, 0.15) is 0 Å². The van der Waals surface area contributed by atoms with Crippen LogP contribution in [0.4, 0.5) is 0 Å². The third-order valence-corrected chi connectivity index (χ3v) is 0. The molecule has 0 aromatic heterocycles. The zero-order chi connectivity index (χ0) is 0. The van der Waals surface area contributed by atoms with Crippen LogP contribution >= 0.6 is 0 Å². The molecule has 0 fully saturated rings. The third-order valence-electron chi connectivity index (χ3n) is 0. The van der Waals surface area contributed by atoms with Crippen LogP contribution in [0.15, 0.2) is 0 Å². The summed E-state index contributed by atoms with van der Waals surface area (Å²) in [5, 5.41) is 0. The van der Waals surface area contributed by atoms with Gasteiger partial charge in [0.1, 0.15) is 0 Å². The molecule has 0 aliphatic heterocycles. The Morgan fingerprint density at radius 3 is 1.00 bits per heavy atom. The van der Waals surface area contributed by atoms with Crippen LogP contribution in [0.3, 0.4) is 0 Å². The normalized spacial score (nSPS) is 0. The predicted molar refractivity (Wildman–Crippen MR) is 32.8 cm³/mol. The van der Waals surface area contributed by atoms with E-state index in [1.54, 1.807) is 0 Å². The quantitative estimate of drug-likeness (QED) is 0.271. The fraction of sp³-hybridized carbons (Fsp3) is 0. The molecular formula is H7BKLiMg. The second-order valence-corrected chi connectivity index (χ2v) is 0. The fourth-order valence-corrected chi connectivity index (χ4v) is 0. The third kappa shape index (κ3) is 8.91. The first-order valence-electron chi connectivity index (χ1n) is 0. The molecule has 0 spiro atoms. The van der Waals surface area contributed by atoms with E-state index >= 15 is 0 Å². The Kier molecular flexibility index (Phi) is 115. The van der Waals surface area contributed by atoms with Crippen molar-refractivity contribution in [1.29, 1.82) is 0 Å². The topological polar surface area (TPSA) is 0 Å². The molecule has 4 heteroatoms. The summed E-state index contributed by atoms with van der Waals surface area (Å²) in [5.74, 6) is 0. The molecule has 4 heavy (non-hydrogen) atoms. The van der Waals surface area contributed by atoms with Crippen molar-refractivity contribution in [2.24, 2.45) is 0 Å². The van der Waals surface area contributed by atoms with Gasteiger partial charge in [-0.3, -0.25) is 0 Å². The number of hydrogen-bond donors (Lipinski definition) is 0. The van der Waals surface area contributed by atoms with Crippen molar-refractivity contribution < 1.29 is 0 Å². The standard InChI is InChI=1S/BH3.K.Li.Mg.4H/h1H3;;;;;;;. The molecule has 0 radical (unpaired) electrons. The Bertz CT molecular complexity index is 8.00. The number of hydrogen-bond acceptors (Lipinski definition) is 0. The van der Waals surface area contributed by atoms with Crippen LogP contribution in [0.2, 0.25) is 0 Å². The van der Waals surface area contributed by atoms with Crippen molar-refractivity contribution in [3.05, 3.63) is 0 Å². The smallest absolute Gasteiger partial charge is 0.316 e. The summed E-state index contributed by atoms with van der Waals surface area (Å²) in [7, 11) is 0. The Hall–Kier alpha value is 3.06. The van der Waals surface area contributed by atoms with Gasteiger partial charge in [0.15, 0.2) is 0 Å². The summed E-state index contributed by atoms with van der Waals surface area (Å²) >= 11 is 0. The van der Waals surface area contributed by atoms with E-state index in [0.717, 1.165) is 0 Å². The zero-order valence-electron chi connectivity index (χ0n) is 0. The molecule has 0 amide bonds. The van der Waals surface area contributed by atoms with Crippen molar-refractivity contribution in [2.75, 3.05) is 0 Å². The van der Waals surface area contributed by atoms with E-state index in [4.69, 9.17) is 0 Å². The molecule has 0 saturated carbocycles. The molecule has 0 aromatic rings. The SMILES string of the molecule is B.[KH].[LiH].[MgH2]. The van der Waals surface area contributed by atoms with Gasteiger partial charge < -0.3 is 0 Å². The van der Waals surface area contributed by atoms with E-state index in [1.165, 1.54) is 0 Å². The Balaban J connectivity index is 0. The molecule has 0 atom stereocenters. The van der Waals surface area contributed by atoms with Gasteiger partial charge in [-0.15, -0.1) is 0 Å². The van der Waals surface area contributed by atoms with Crippen molar-refractivity contribution in [3.63, 3.8) is 0 Å². The van der Waals surface area contributed by atoms with Gasteiger partial charge >= 0.3 is 93.3 Å². The minimum atomic E-state index is 0. The van der Waals surface area contributed by atoms with Gasteiger partial charge in [-0.2, -0.15) is 0 Å². The first-order chi connectivity index (χ1) is 0. The Morgan fingerprint density at radius 2 is 1.00 bits per heavy atom. The van der Waals surface area contributed by atoms with Crippen LogP contribution in [-0.2, 0) is 0 Å². The van der Waals surface area contributed by atoms with Crippen LogP contribution in [-0.4, -0.2) is 102 Å². The average Bonchev–Trinajstić information content (AvgIpc) is 0. The second kappa shape index (κ2) is 16.6.